The van der Waals surface area contributed by atoms with Crippen molar-refractivity contribution in [3.8, 4) is 0 Å². The van der Waals surface area contributed by atoms with E-state index in [1.807, 2.05) is 20.8 Å². The molecule has 0 aliphatic heterocycles. The average Bonchev–Trinajstić information content (AvgIpc) is 2.66. The quantitative estimate of drug-likeness (QED) is 0.463. The second-order valence-corrected chi connectivity index (χ2v) is 10.3. The van der Waals surface area contributed by atoms with Crippen molar-refractivity contribution in [3.05, 3.63) is 52.6 Å². The predicted octanol–water partition coefficient (Wildman–Crippen LogP) is 7.17. The number of carbonyl (C=O) groups excluding carboxylic acids is 1. The lowest BCUT2D eigenvalue weighted by molar-refractivity contribution is 0.0250. The van der Waals surface area contributed by atoms with Gasteiger partial charge in [0.1, 0.15) is 5.60 Å². The van der Waals surface area contributed by atoms with Gasteiger partial charge in [-0.3, -0.25) is 0 Å². The molecule has 0 N–H and O–H groups in total. The average molecular weight is 428 g/mol. The lowest BCUT2D eigenvalue weighted by atomic mass is 9.72. The molecule has 0 bridgehead atoms. The lowest BCUT2D eigenvalue weighted by Gasteiger charge is -2.32. The number of ether oxygens (including phenoxy) is 2. The summed E-state index contributed by atoms with van der Waals surface area (Å²) in [6.45, 7) is 13.1. The monoisotopic (exact) mass is 427 g/mol. The van der Waals surface area contributed by atoms with Crippen molar-refractivity contribution in [3.63, 3.8) is 0 Å². The van der Waals surface area contributed by atoms with Gasteiger partial charge in [-0.1, -0.05) is 49.8 Å². The SMILES string of the molecule is COC(CCN(C)C(=O)OC(C)(C)C)c1cccc(/C=C/C2=C(C)CCCC2(C)C)c1. The van der Waals surface area contributed by atoms with Gasteiger partial charge in [0.15, 0.2) is 0 Å². The van der Waals surface area contributed by atoms with Gasteiger partial charge in [0.25, 0.3) is 0 Å². The maximum Gasteiger partial charge on any atom is 0.410 e. The normalized spacial score (nSPS) is 17.7. The highest BCUT2D eigenvalue weighted by Crippen LogP contribution is 2.41. The molecule has 0 radical (unpaired) electrons. The van der Waals surface area contributed by atoms with E-state index in [4.69, 9.17) is 9.47 Å². The standard InChI is InChI=1S/C27H41NO3/c1-20-11-10-17-27(5,6)23(20)15-14-21-12-9-13-22(19-21)24(30-8)16-18-28(7)25(29)31-26(2,3)4/h9,12-15,19,24H,10-11,16-18H2,1-8H3/b15-14+. The van der Waals surface area contributed by atoms with Gasteiger partial charge in [-0.2, -0.15) is 0 Å². The van der Waals surface area contributed by atoms with E-state index in [1.54, 1.807) is 19.1 Å². The van der Waals surface area contributed by atoms with E-state index in [0.717, 1.165) is 5.56 Å². The van der Waals surface area contributed by atoms with Gasteiger partial charge in [-0.25, -0.2) is 4.79 Å². The molecule has 1 aromatic rings. The molecule has 2 rings (SSSR count). The van der Waals surface area contributed by atoms with E-state index in [0.29, 0.717) is 13.0 Å². The minimum absolute atomic E-state index is 0.0784. The Labute approximate surface area is 189 Å². The van der Waals surface area contributed by atoms with Crippen molar-refractivity contribution in [1.82, 2.24) is 4.90 Å². The Kier molecular flexibility index (Phi) is 8.53. The third kappa shape index (κ3) is 7.53. The van der Waals surface area contributed by atoms with E-state index >= 15 is 0 Å². The zero-order chi connectivity index (χ0) is 23.2. The van der Waals surface area contributed by atoms with Crippen LogP contribution in [0.2, 0.25) is 0 Å². The number of benzene rings is 1. The predicted molar refractivity (Wildman–Crippen MR) is 129 cm³/mol. The number of hydrogen-bond donors (Lipinski definition) is 0. The summed E-state index contributed by atoms with van der Waals surface area (Å²) in [4.78, 5) is 13.8. The molecule has 172 valence electrons. The molecule has 4 heteroatoms. The van der Waals surface area contributed by atoms with Gasteiger partial charge in [0.2, 0.25) is 0 Å². The Morgan fingerprint density at radius 1 is 1.26 bits per heavy atom. The molecule has 1 aromatic carbocycles. The summed E-state index contributed by atoms with van der Waals surface area (Å²) in [5, 5.41) is 0. The molecule has 1 aliphatic carbocycles. The first kappa shape index (κ1) is 25.2. The molecule has 1 unspecified atom stereocenters. The second-order valence-electron chi connectivity index (χ2n) is 10.3. The maximum absolute atomic E-state index is 12.2. The van der Waals surface area contributed by atoms with Crippen LogP contribution >= 0.6 is 0 Å². The summed E-state index contributed by atoms with van der Waals surface area (Å²) < 4.78 is 11.2. The molecule has 1 amide bonds. The highest BCUT2D eigenvalue weighted by atomic mass is 16.6. The fourth-order valence-corrected chi connectivity index (χ4v) is 4.22. The van der Waals surface area contributed by atoms with Crippen molar-refractivity contribution < 1.29 is 14.3 Å². The number of amides is 1. The summed E-state index contributed by atoms with van der Waals surface area (Å²) in [6.07, 6.45) is 8.54. The largest absolute Gasteiger partial charge is 0.444 e. The van der Waals surface area contributed by atoms with Gasteiger partial charge >= 0.3 is 6.09 Å². The van der Waals surface area contributed by atoms with Crippen LogP contribution in [0, 0.1) is 5.41 Å². The zero-order valence-electron chi connectivity index (χ0n) is 20.7. The van der Waals surface area contributed by atoms with Gasteiger partial charge in [0.05, 0.1) is 6.10 Å². The van der Waals surface area contributed by atoms with Crippen LogP contribution in [0.25, 0.3) is 6.08 Å². The number of methoxy groups -OCH3 is 1. The fraction of sp³-hybridized carbons (Fsp3) is 0.593. The molecule has 0 spiro atoms. The minimum atomic E-state index is -0.493. The van der Waals surface area contributed by atoms with Gasteiger partial charge in [0, 0.05) is 20.7 Å². The Morgan fingerprint density at radius 2 is 1.97 bits per heavy atom. The molecule has 0 saturated carbocycles. The zero-order valence-corrected chi connectivity index (χ0v) is 20.7. The van der Waals surface area contributed by atoms with Gasteiger partial charge in [-0.05, 0) is 81.6 Å². The first-order chi connectivity index (χ1) is 14.4. The molecule has 4 nitrogen and oxygen atoms in total. The molecule has 0 fully saturated rings. The molecular weight excluding hydrogens is 386 g/mol. The Hall–Kier alpha value is -2.07. The van der Waals surface area contributed by atoms with Crippen molar-refractivity contribution in [2.45, 2.75) is 78.9 Å². The lowest BCUT2D eigenvalue weighted by Crippen LogP contribution is -2.35. The van der Waals surface area contributed by atoms with Crippen LogP contribution < -0.4 is 0 Å². The van der Waals surface area contributed by atoms with Crippen LogP contribution in [-0.2, 0) is 9.47 Å². The van der Waals surface area contributed by atoms with E-state index in [9.17, 15) is 4.79 Å². The Bertz CT molecular complexity index is 814. The first-order valence-corrected chi connectivity index (χ1v) is 11.4. The van der Waals surface area contributed by atoms with E-state index < -0.39 is 5.60 Å². The number of allylic oxidation sites excluding steroid dienone is 3. The topological polar surface area (TPSA) is 38.8 Å². The van der Waals surface area contributed by atoms with Crippen molar-refractivity contribution in [1.29, 1.82) is 0 Å². The third-order valence-corrected chi connectivity index (χ3v) is 5.98. The van der Waals surface area contributed by atoms with Crippen LogP contribution in [-0.4, -0.2) is 37.3 Å². The number of nitrogens with zero attached hydrogens (tertiary/aromatic N) is 1. The van der Waals surface area contributed by atoms with Crippen LogP contribution in [0.4, 0.5) is 4.79 Å². The van der Waals surface area contributed by atoms with Gasteiger partial charge < -0.3 is 14.4 Å². The van der Waals surface area contributed by atoms with E-state index in [2.05, 4.69) is 57.2 Å². The van der Waals surface area contributed by atoms with Crippen molar-refractivity contribution in [2.24, 2.45) is 5.41 Å². The third-order valence-electron chi connectivity index (χ3n) is 5.98. The summed E-state index contributed by atoms with van der Waals surface area (Å²) in [5.41, 5.74) is 5.00. The van der Waals surface area contributed by atoms with Crippen molar-refractivity contribution >= 4 is 12.2 Å². The molecule has 0 heterocycles. The molecule has 1 atom stereocenters. The molecule has 0 saturated heterocycles. The van der Waals surface area contributed by atoms with Crippen LogP contribution in [0.5, 0.6) is 0 Å². The summed E-state index contributed by atoms with van der Waals surface area (Å²) in [6, 6.07) is 8.48. The van der Waals surface area contributed by atoms with Crippen LogP contribution in [0.1, 0.15) is 84.5 Å². The molecular formula is C27H41NO3. The van der Waals surface area contributed by atoms with Crippen LogP contribution in [0.15, 0.2) is 41.5 Å². The smallest absolute Gasteiger partial charge is 0.410 e. The molecule has 0 aromatic heterocycles. The fourth-order valence-electron chi connectivity index (χ4n) is 4.22. The first-order valence-electron chi connectivity index (χ1n) is 11.4. The van der Waals surface area contributed by atoms with Crippen LogP contribution in [0.3, 0.4) is 0 Å². The number of rotatable bonds is 7. The molecule has 31 heavy (non-hydrogen) atoms. The number of hydrogen-bond acceptors (Lipinski definition) is 3. The minimum Gasteiger partial charge on any atom is -0.444 e. The van der Waals surface area contributed by atoms with Gasteiger partial charge in [-0.15, -0.1) is 0 Å². The van der Waals surface area contributed by atoms with E-state index in [1.165, 1.54) is 36.0 Å². The second kappa shape index (κ2) is 10.5. The Balaban J connectivity index is 2.08. The maximum atomic E-state index is 12.2. The molecule has 1 aliphatic rings. The highest BCUT2D eigenvalue weighted by molar-refractivity contribution is 5.67. The highest BCUT2D eigenvalue weighted by Gasteiger charge is 2.26. The Morgan fingerprint density at radius 3 is 2.58 bits per heavy atom. The summed E-state index contributed by atoms with van der Waals surface area (Å²) >= 11 is 0. The summed E-state index contributed by atoms with van der Waals surface area (Å²) in [5.74, 6) is 0. The summed E-state index contributed by atoms with van der Waals surface area (Å²) in [7, 11) is 3.49. The number of carbonyl (C=O) groups is 1. The van der Waals surface area contributed by atoms with E-state index in [-0.39, 0.29) is 17.6 Å². The van der Waals surface area contributed by atoms with Crippen molar-refractivity contribution in [2.75, 3.05) is 20.7 Å².